The Morgan fingerprint density at radius 2 is 1.92 bits per heavy atom. The standard InChI is InChI=1S/C18H11N3O3S/c19-9-11-6-7-14(13(8-11)18(23)24)20-16(22)17-21-15(10-25-17)12-4-2-1-3-5-12/h1-8,10H,(H,20,22)(H,23,24). The Labute approximate surface area is 147 Å². The molecular formula is C18H11N3O3S. The van der Waals surface area contributed by atoms with Crippen LogP contribution >= 0.6 is 11.3 Å². The Morgan fingerprint density at radius 1 is 1.16 bits per heavy atom. The minimum atomic E-state index is -1.23. The first-order chi connectivity index (χ1) is 12.1. The fraction of sp³-hybridized carbons (Fsp3) is 0. The third kappa shape index (κ3) is 3.54. The molecule has 0 saturated carbocycles. The van der Waals surface area contributed by atoms with Gasteiger partial charge in [0.25, 0.3) is 5.91 Å². The molecule has 122 valence electrons. The quantitative estimate of drug-likeness (QED) is 0.748. The van der Waals surface area contributed by atoms with Crippen molar-refractivity contribution >= 4 is 28.9 Å². The van der Waals surface area contributed by atoms with Crippen LogP contribution in [0.3, 0.4) is 0 Å². The zero-order valence-corrected chi connectivity index (χ0v) is 13.6. The summed E-state index contributed by atoms with van der Waals surface area (Å²) < 4.78 is 0. The number of carboxylic acids is 1. The van der Waals surface area contributed by atoms with E-state index in [4.69, 9.17) is 5.26 Å². The van der Waals surface area contributed by atoms with Crippen LogP contribution < -0.4 is 5.32 Å². The van der Waals surface area contributed by atoms with Crippen molar-refractivity contribution in [2.24, 2.45) is 0 Å². The second-order valence-electron chi connectivity index (χ2n) is 5.04. The molecule has 0 aliphatic rings. The van der Waals surface area contributed by atoms with Crippen molar-refractivity contribution in [1.29, 1.82) is 5.26 Å². The summed E-state index contributed by atoms with van der Waals surface area (Å²) in [4.78, 5) is 28.0. The highest BCUT2D eigenvalue weighted by atomic mass is 32.1. The summed E-state index contributed by atoms with van der Waals surface area (Å²) in [5.41, 5.74) is 1.74. The van der Waals surface area contributed by atoms with Gasteiger partial charge < -0.3 is 10.4 Å². The van der Waals surface area contributed by atoms with Crippen LogP contribution in [-0.2, 0) is 0 Å². The first-order valence-corrected chi connectivity index (χ1v) is 8.06. The summed E-state index contributed by atoms with van der Waals surface area (Å²) in [7, 11) is 0. The first-order valence-electron chi connectivity index (χ1n) is 7.18. The first kappa shape index (κ1) is 16.4. The number of nitriles is 1. The van der Waals surface area contributed by atoms with E-state index in [0.717, 1.165) is 5.56 Å². The van der Waals surface area contributed by atoms with Crippen LogP contribution in [0.2, 0.25) is 0 Å². The fourth-order valence-electron chi connectivity index (χ4n) is 2.20. The lowest BCUT2D eigenvalue weighted by atomic mass is 10.1. The van der Waals surface area contributed by atoms with Gasteiger partial charge in [0.1, 0.15) is 0 Å². The maximum absolute atomic E-state index is 12.4. The SMILES string of the molecule is N#Cc1ccc(NC(=O)c2nc(-c3ccccc3)cs2)c(C(=O)O)c1. The lowest BCUT2D eigenvalue weighted by molar-refractivity contribution is 0.0698. The van der Waals surface area contributed by atoms with Crippen LogP contribution in [-0.4, -0.2) is 22.0 Å². The van der Waals surface area contributed by atoms with E-state index in [2.05, 4.69) is 10.3 Å². The molecule has 0 saturated heterocycles. The van der Waals surface area contributed by atoms with Crippen molar-refractivity contribution in [1.82, 2.24) is 4.98 Å². The zero-order chi connectivity index (χ0) is 17.8. The van der Waals surface area contributed by atoms with E-state index >= 15 is 0 Å². The molecule has 0 spiro atoms. The molecule has 0 bridgehead atoms. The Hall–Kier alpha value is -3.50. The van der Waals surface area contributed by atoms with Gasteiger partial charge in [-0.25, -0.2) is 9.78 Å². The van der Waals surface area contributed by atoms with Gasteiger partial charge in [0.15, 0.2) is 5.01 Å². The minimum absolute atomic E-state index is 0.118. The van der Waals surface area contributed by atoms with Gasteiger partial charge in [0.05, 0.1) is 28.6 Å². The Balaban J connectivity index is 1.85. The molecule has 0 fully saturated rings. The monoisotopic (exact) mass is 349 g/mol. The van der Waals surface area contributed by atoms with Crippen molar-refractivity contribution in [3.63, 3.8) is 0 Å². The molecule has 0 aliphatic heterocycles. The van der Waals surface area contributed by atoms with E-state index in [9.17, 15) is 14.7 Å². The normalized spacial score (nSPS) is 10.0. The fourth-order valence-corrected chi connectivity index (χ4v) is 2.92. The Kier molecular flexibility index (Phi) is 4.55. The number of nitrogens with zero attached hydrogens (tertiary/aromatic N) is 2. The minimum Gasteiger partial charge on any atom is -0.478 e. The topological polar surface area (TPSA) is 103 Å². The summed E-state index contributed by atoms with van der Waals surface area (Å²) in [6, 6.07) is 15.4. The maximum Gasteiger partial charge on any atom is 0.337 e. The van der Waals surface area contributed by atoms with E-state index in [1.54, 1.807) is 5.38 Å². The number of carboxylic acid groups (broad SMARTS) is 1. The molecule has 1 aromatic heterocycles. The van der Waals surface area contributed by atoms with Crippen molar-refractivity contribution < 1.29 is 14.7 Å². The molecule has 1 amide bonds. The molecule has 7 heteroatoms. The number of aromatic nitrogens is 1. The van der Waals surface area contributed by atoms with E-state index in [1.165, 1.54) is 29.5 Å². The summed E-state index contributed by atoms with van der Waals surface area (Å²) in [5.74, 6) is -1.73. The average Bonchev–Trinajstić information content (AvgIpc) is 3.13. The molecule has 0 aliphatic carbocycles. The number of anilines is 1. The number of hydrogen-bond donors (Lipinski definition) is 2. The highest BCUT2D eigenvalue weighted by Gasteiger charge is 2.17. The molecule has 3 aromatic rings. The lowest BCUT2D eigenvalue weighted by Crippen LogP contribution is -2.14. The maximum atomic E-state index is 12.4. The predicted molar refractivity (Wildman–Crippen MR) is 93.6 cm³/mol. The summed E-state index contributed by atoms with van der Waals surface area (Å²) in [6.45, 7) is 0. The van der Waals surface area contributed by atoms with Crippen molar-refractivity contribution in [2.45, 2.75) is 0 Å². The number of rotatable bonds is 4. The van der Waals surface area contributed by atoms with E-state index in [1.807, 2.05) is 36.4 Å². The van der Waals surface area contributed by atoms with Crippen molar-refractivity contribution in [3.05, 3.63) is 70.0 Å². The number of carbonyl (C=O) groups excluding carboxylic acids is 1. The second-order valence-corrected chi connectivity index (χ2v) is 5.89. The summed E-state index contributed by atoms with van der Waals surface area (Å²) >= 11 is 1.17. The van der Waals surface area contributed by atoms with E-state index < -0.39 is 11.9 Å². The smallest absolute Gasteiger partial charge is 0.337 e. The third-order valence-electron chi connectivity index (χ3n) is 3.40. The van der Waals surface area contributed by atoms with Crippen LogP contribution in [0.25, 0.3) is 11.3 Å². The van der Waals surface area contributed by atoms with Crippen molar-refractivity contribution in [2.75, 3.05) is 5.32 Å². The highest BCUT2D eigenvalue weighted by molar-refractivity contribution is 7.12. The number of nitrogens with one attached hydrogen (secondary N) is 1. The largest absolute Gasteiger partial charge is 0.478 e. The van der Waals surface area contributed by atoms with Crippen LogP contribution in [0, 0.1) is 11.3 Å². The molecule has 3 rings (SSSR count). The molecule has 0 unspecified atom stereocenters. The highest BCUT2D eigenvalue weighted by Crippen LogP contribution is 2.23. The molecule has 0 radical (unpaired) electrons. The van der Waals surface area contributed by atoms with Gasteiger partial charge in [-0.15, -0.1) is 11.3 Å². The van der Waals surface area contributed by atoms with Gasteiger partial charge in [-0.05, 0) is 18.2 Å². The Bertz CT molecular complexity index is 990. The summed E-state index contributed by atoms with van der Waals surface area (Å²) in [5, 5.41) is 22.6. The van der Waals surface area contributed by atoms with E-state index in [0.29, 0.717) is 5.69 Å². The molecule has 0 atom stereocenters. The number of aromatic carboxylic acids is 1. The van der Waals surface area contributed by atoms with Crippen LogP contribution in [0.15, 0.2) is 53.9 Å². The van der Waals surface area contributed by atoms with Gasteiger partial charge in [-0.1, -0.05) is 30.3 Å². The molecule has 1 heterocycles. The number of thiazole rings is 1. The molecule has 6 nitrogen and oxygen atoms in total. The van der Waals surface area contributed by atoms with Crippen LogP contribution in [0.4, 0.5) is 5.69 Å². The van der Waals surface area contributed by atoms with Gasteiger partial charge in [0, 0.05) is 10.9 Å². The number of amides is 1. The predicted octanol–water partition coefficient (Wildman–Crippen LogP) is 3.63. The molecular weight excluding hydrogens is 338 g/mol. The lowest BCUT2D eigenvalue weighted by Gasteiger charge is -2.07. The second kappa shape index (κ2) is 6.95. The van der Waals surface area contributed by atoms with Gasteiger partial charge in [0.2, 0.25) is 0 Å². The Morgan fingerprint density at radius 3 is 2.60 bits per heavy atom. The van der Waals surface area contributed by atoms with Crippen molar-refractivity contribution in [3.8, 4) is 17.3 Å². The zero-order valence-electron chi connectivity index (χ0n) is 12.8. The molecule has 2 N–H and O–H groups in total. The number of hydrogen-bond acceptors (Lipinski definition) is 5. The number of benzene rings is 2. The van der Waals surface area contributed by atoms with Gasteiger partial charge >= 0.3 is 5.97 Å². The van der Waals surface area contributed by atoms with Crippen LogP contribution in [0.1, 0.15) is 25.7 Å². The van der Waals surface area contributed by atoms with Gasteiger partial charge in [-0.3, -0.25) is 4.79 Å². The van der Waals surface area contributed by atoms with Gasteiger partial charge in [-0.2, -0.15) is 5.26 Å². The molecule has 25 heavy (non-hydrogen) atoms. The van der Waals surface area contributed by atoms with Crippen LogP contribution in [0.5, 0.6) is 0 Å². The average molecular weight is 349 g/mol. The summed E-state index contributed by atoms with van der Waals surface area (Å²) in [6.07, 6.45) is 0. The third-order valence-corrected chi connectivity index (χ3v) is 4.24. The van der Waals surface area contributed by atoms with E-state index in [-0.39, 0.29) is 21.8 Å². The molecule has 2 aromatic carbocycles. The number of carbonyl (C=O) groups is 2.